The van der Waals surface area contributed by atoms with Crippen LogP contribution < -0.4 is 15.0 Å². The molecule has 1 saturated heterocycles. The zero-order chi connectivity index (χ0) is 22.0. The van der Waals surface area contributed by atoms with Gasteiger partial charge in [0.1, 0.15) is 11.3 Å². The number of carbonyl (C=O) groups excluding carboxylic acids is 3. The Kier molecular flexibility index (Phi) is 6.77. The minimum Gasteiger partial charge on any atom is -0.491 e. The van der Waals surface area contributed by atoms with Crippen LogP contribution in [-0.4, -0.2) is 24.5 Å². The van der Waals surface area contributed by atoms with E-state index < -0.39 is 17.8 Å². The third kappa shape index (κ3) is 4.49. The van der Waals surface area contributed by atoms with E-state index in [9.17, 15) is 14.4 Å². The standard InChI is InChI=1S/C22H20Br2N2O4/c1-4-7-30-19-17(23)10-14(11-18(19)24)9-16-20(27)25-22(29)26(21(16)28)15-6-5-12(2)13(3)8-15/h5-6,8-11H,4,7H2,1-3H3,(H,25,27,29)/b16-9+. The molecule has 2 aromatic rings. The maximum absolute atomic E-state index is 13.1. The van der Waals surface area contributed by atoms with Gasteiger partial charge in [0, 0.05) is 0 Å². The van der Waals surface area contributed by atoms with Crippen LogP contribution >= 0.6 is 31.9 Å². The monoisotopic (exact) mass is 534 g/mol. The number of anilines is 1. The predicted octanol–water partition coefficient (Wildman–Crippen LogP) is 5.28. The van der Waals surface area contributed by atoms with Crippen LogP contribution in [0.15, 0.2) is 44.9 Å². The Morgan fingerprint density at radius 2 is 1.70 bits per heavy atom. The number of aryl methyl sites for hydroxylation is 2. The van der Waals surface area contributed by atoms with Crippen LogP contribution in [0.25, 0.3) is 6.08 Å². The fourth-order valence-electron chi connectivity index (χ4n) is 2.93. The summed E-state index contributed by atoms with van der Waals surface area (Å²) >= 11 is 6.92. The van der Waals surface area contributed by atoms with Crippen molar-refractivity contribution in [2.45, 2.75) is 27.2 Å². The van der Waals surface area contributed by atoms with Gasteiger partial charge in [-0.05, 0) is 99.2 Å². The predicted molar refractivity (Wildman–Crippen MR) is 123 cm³/mol. The summed E-state index contributed by atoms with van der Waals surface area (Å²) in [6.45, 7) is 6.40. The molecule has 30 heavy (non-hydrogen) atoms. The second-order valence-electron chi connectivity index (χ2n) is 6.89. The molecule has 1 heterocycles. The number of barbiturate groups is 1. The van der Waals surface area contributed by atoms with Gasteiger partial charge in [-0.1, -0.05) is 13.0 Å². The van der Waals surface area contributed by atoms with E-state index >= 15 is 0 Å². The third-order valence-electron chi connectivity index (χ3n) is 4.63. The van der Waals surface area contributed by atoms with Crippen LogP contribution in [0.4, 0.5) is 10.5 Å². The Labute approximate surface area is 191 Å². The molecule has 1 aliphatic heterocycles. The molecule has 0 unspecified atom stereocenters. The average Bonchev–Trinajstić information content (AvgIpc) is 2.67. The zero-order valence-corrected chi connectivity index (χ0v) is 19.9. The summed E-state index contributed by atoms with van der Waals surface area (Å²) in [5.74, 6) is -0.764. The number of rotatable bonds is 5. The van der Waals surface area contributed by atoms with Crippen LogP contribution in [-0.2, 0) is 9.59 Å². The van der Waals surface area contributed by atoms with E-state index in [1.165, 1.54) is 6.08 Å². The van der Waals surface area contributed by atoms with Gasteiger partial charge in [0.05, 0.1) is 21.2 Å². The van der Waals surface area contributed by atoms with Crippen LogP contribution in [0.3, 0.4) is 0 Å². The smallest absolute Gasteiger partial charge is 0.335 e. The Morgan fingerprint density at radius 1 is 1.03 bits per heavy atom. The van der Waals surface area contributed by atoms with E-state index in [4.69, 9.17) is 4.74 Å². The first-order valence-corrected chi connectivity index (χ1v) is 10.9. The van der Waals surface area contributed by atoms with Crippen molar-refractivity contribution in [2.75, 3.05) is 11.5 Å². The van der Waals surface area contributed by atoms with Gasteiger partial charge in [0.2, 0.25) is 0 Å². The second-order valence-corrected chi connectivity index (χ2v) is 8.60. The molecule has 1 N–H and O–H groups in total. The Morgan fingerprint density at radius 3 is 2.30 bits per heavy atom. The number of halogens is 2. The number of carbonyl (C=O) groups is 3. The first-order valence-electron chi connectivity index (χ1n) is 9.33. The first kappa shape index (κ1) is 22.2. The van der Waals surface area contributed by atoms with Gasteiger partial charge in [0.15, 0.2) is 0 Å². The minimum absolute atomic E-state index is 0.131. The molecule has 3 rings (SSSR count). The SMILES string of the molecule is CCCOc1c(Br)cc(/C=C2\C(=O)NC(=O)N(c3ccc(C)c(C)c3)C2=O)cc1Br. The first-order chi connectivity index (χ1) is 14.2. The lowest BCUT2D eigenvalue weighted by molar-refractivity contribution is -0.122. The number of hydrogen-bond donors (Lipinski definition) is 1. The van der Waals surface area contributed by atoms with Crippen molar-refractivity contribution < 1.29 is 19.1 Å². The molecule has 0 atom stereocenters. The van der Waals surface area contributed by atoms with Gasteiger partial charge < -0.3 is 4.74 Å². The number of urea groups is 1. The molecule has 4 amide bonds. The molecule has 2 aromatic carbocycles. The van der Waals surface area contributed by atoms with Crippen LogP contribution in [0, 0.1) is 13.8 Å². The Bertz CT molecular complexity index is 1060. The molecule has 0 saturated carbocycles. The summed E-state index contributed by atoms with van der Waals surface area (Å²) in [6, 6.07) is 7.98. The van der Waals surface area contributed by atoms with E-state index in [-0.39, 0.29) is 5.57 Å². The van der Waals surface area contributed by atoms with Crippen molar-refractivity contribution in [1.29, 1.82) is 0 Å². The molecule has 0 bridgehead atoms. The number of nitrogens with zero attached hydrogens (tertiary/aromatic N) is 1. The van der Waals surface area contributed by atoms with Crippen LogP contribution in [0.5, 0.6) is 5.75 Å². The largest absolute Gasteiger partial charge is 0.491 e. The maximum atomic E-state index is 13.1. The zero-order valence-electron chi connectivity index (χ0n) is 16.7. The highest BCUT2D eigenvalue weighted by atomic mass is 79.9. The fourth-order valence-corrected chi connectivity index (χ4v) is 4.38. The molecule has 1 fully saturated rings. The maximum Gasteiger partial charge on any atom is 0.335 e. The minimum atomic E-state index is -0.768. The molecule has 0 spiro atoms. The third-order valence-corrected chi connectivity index (χ3v) is 5.81. The summed E-state index contributed by atoms with van der Waals surface area (Å²) in [5, 5.41) is 2.24. The quantitative estimate of drug-likeness (QED) is 0.417. The number of ether oxygens (including phenoxy) is 1. The summed E-state index contributed by atoms with van der Waals surface area (Å²) in [4.78, 5) is 38.8. The van der Waals surface area contributed by atoms with Crippen molar-refractivity contribution in [3.8, 4) is 5.75 Å². The van der Waals surface area contributed by atoms with Gasteiger partial charge in [-0.2, -0.15) is 0 Å². The van der Waals surface area contributed by atoms with Crippen molar-refractivity contribution in [3.05, 3.63) is 61.5 Å². The van der Waals surface area contributed by atoms with E-state index in [2.05, 4.69) is 37.2 Å². The summed E-state index contributed by atoms with van der Waals surface area (Å²) in [5.41, 5.74) is 2.85. The lowest BCUT2D eigenvalue weighted by Crippen LogP contribution is -2.54. The molecule has 6 nitrogen and oxygen atoms in total. The molecule has 8 heteroatoms. The molecule has 156 valence electrons. The van der Waals surface area contributed by atoms with Gasteiger partial charge in [0.25, 0.3) is 11.8 Å². The highest BCUT2D eigenvalue weighted by Gasteiger charge is 2.37. The van der Waals surface area contributed by atoms with Gasteiger partial charge in [-0.25, -0.2) is 9.69 Å². The van der Waals surface area contributed by atoms with Gasteiger partial charge in [-0.15, -0.1) is 0 Å². The average molecular weight is 536 g/mol. The fraction of sp³-hybridized carbons (Fsp3) is 0.227. The molecular formula is C22H20Br2N2O4. The molecular weight excluding hydrogens is 516 g/mol. The van der Waals surface area contributed by atoms with E-state index in [0.717, 1.165) is 22.4 Å². The van der Waals surface area contributed by atoms with E-state index in [1.54, 1.807) is 24.3 Å². The molecule has 0 radical (unpaired) electrons. The van der Waals surface area contributed by atoms with Crippen LogP contribution in [0.1, 0.15) is 30.0 Å². The molecule has 1 aliphatic rings. The van der Waals surface area contributed by atoms with Crippen molar-refractivity contribution >= 4 is 61.5 Å². The van der Waals surface area contributed by atoms with E-state index in [0.29, 0.717) is 32.6 Å². The number of benzene rings is 2. The number of nitrogens with one attached hydrogen (secondary N) is 1. The number of amides is 4. The number of hydrogen-bond acceptors (Lipinski definition) is 4. The van der Waals surface area contributed by atoms with Gasteiger partial charge in [-0.3, -0.25) is 14.9 Å². The second kappa shape index (κ2) is 9.14. The highest BCUT2D eigenvalue weighted by Crippen LogP contribution is 2.36. The van der Waals surface area contributed by atoms with Crippen LogP contribution in [0.2, 0.25) is 0 Å². The molecule has 0 aliphatic carbocycles. The topological polar surface area (TPSA) is 75.7 Å². The van der Waals surface area contributed by atoms with Gasteiger partial charge >= 0.3 is 6.03 Å². The van der Waals surface area contributed by atoms with Crippen molar-refractivity contribution in [2.24, 2.45) is 0 Å². The lowest BCUT2D eigenvalue weighted by atomic mass is 10.1. The lowest BCUT2D eigenvalue weighted by Gasteiger charge is -2.27. The van der Waals surface area contributed by atoms with E-state index in [1.807, 2.05) is 26.8 Å². The highest BCUT2D eigenvalue weighted by molar-refractivity contribution is 9.11. The van der Waals surface area contributed by atoms with Crippen molar-refractivity contribution in [3.63, 3.8) is 0 Å². The molecule has 0 aromatic heterocycles. The summed E-state index contributed by atoms with van der Waals surface area (Å²) < 4.78 is 7.07. The number of imide groups is 2. The summed E-state index contributed by atoms with van der Waals surface area (Å²) in [7, 11) is 0. The summed E-state index contributed by atoms with van der Waals surface area (Å²) in [6.07, 6.45) is 2.32. The Hall–Kier alpha value is -2.45. The normalized spacial score (nSPS) is 15.6. The van der Waals surface area contributed by atoms with Crippen molar-refractivity contribution in [1.82, 2.24) is 5.32 Å². The Balaban J connectivity index is 1.99.